The quantitative estimate of drug-likeness (QED) is 0.193. The molecule has 0 aliphatic rings. The third kappa shape index (κ3) is 13.2. The summed E-state index contributed by atoms with van der Waals surface area (Å²) in [5.74, 6) is 1.13. The second-order valence-corrected chi connectivity index (χ2v) is 8.79. The van der Waals surface area contributed by atoms with Crippen LogP contribution < -0.4 is 10.6 Å². The molecule has 2 N–H and O–H groups in total. The molecule has 1 aromatic heterocycles. The second kappa shape index (κ2) is 21.1. The fourth-order valence-corrected chi connectivity index (χ4v) is 3.57. The van der Waals surface area contributed by atoms with E-state index in [-0.39, 0.29) is 17.9 Å². The van der Waals surface area contributed by atoms with Crippen molar-refractivity contribution >= 4 is 29.1 Å². The van der Waals surface area contributed by atoms with Gasteiger partial charge in [0.1, 0.15) is 17.7 Å². The average Bonchev–Trinajstić information content (AvgIpc) is 3.08. The van der Waals surface area contributed by atoms with Crippen molar-refractivity contribution in [1.29, 1.82) is 0 Å². The Kier molecular flexibility index (Phi) is 17.8. The Morgan fingerprint density at radius 1 is 0.767 bits per heavy atom. The van der Waals surface area contributed by atoms with Crippen LogP contribution in [0.25, 0.3) is 5.76 Å². The fourth-order valence-electron chi connectivity index (χ4n) is 3.57. The first-order valence-corrected chi connectivity index (χ1v) is 15.0. The number of carbonyl (C=O) groups is 2. The molecule has 3 aromatic carbocycles. The maximum absolute atomic E-state index is 12.4. The van der Waals surface area contributed by atoms with Gasteiger partial charge in [0, 0.05) is 29.4 Å². The summed E-state index contributed by atoms with van der Waals surface area (Å²) in [4.78, 5) is 27.2. The predicted molar refractivity (Wildman–Crippen MR) is 181 cm³/mol. The number of nitrogens with zero attached hydrogens (tertiary/aromatic N) is 1. The van der Waals surface area contributed by atoms with Crippen molar-refractivity contribution < 1.29 is 14.3 Å². The van der Waals surface area contributed by atoms with Crippen molar-refractivity contribution in [1.82, 2.24) is 4.98 Å². The highest BCUT2D eigenvalue weighted by atomic mass is 16.5. The summed E-state index contributed by atoms with van der Waals surface area (Å²) < 4.78 is 5.95. The van der Waals surface area contributed by atoms with Crippen molar-refractivity contribution in [3.05, 3.63) is 132 Å². The SMILES string of the molecule is C=C(OC(C)c1ccc(NC(=O)c2ccc(CC)cc2)cc1)c1ccccc1.CC.CC.CCC(=O)Nc1ccccn1. The summed E-state index contributed by atoms with van der Waals surface area (Å²) >= 11 is 0. The molecule has 0 aliphatic heterocycles. The van der Waals surface area contributed by atoms with E-state index in [1.807, 2.05) is 126 Å². The van der Waals surface area contributed by atoms with Crippen LogP contribution in [0.5, 0.6) is 0 Å². The van der Waals surface area contributed by atoms with Gasteiger partial charge in [0.15, 0.2) is 0 Å². The number of rotatable bonds is 9. The number of hydrogen-bond donors (Lipinski definition) is 2. The van der Waals surface area contributed by atoms with Gasteiger partial charge in [-0.1, -0.05) is 109 Å². The summed E-state index contributed by atoms with van der Waals surface area (Å²) in [7, 11) is 0. The number of hydrogen-bond acceptors (Lipinski definition) is 4. The monoisotopic (exact) mass is 581 g/mol. The van der Waals surface area contributed by atoms with Gasteiger partial charge in [-0.05, 0) is 60.9 Å². The van der Waals surface area contributed by atoms with Crippen molar-refractivity contribution in [3.63, 3.8) is 0 Å². The lowest BCUT2D eigenvalue weighted by Crippen LogP contribution is -2.12. The van der Waals surface area contributed by atoms with E-state index in [0.717, 1.165) is 23.2 Å². The van der Waals surface area contributed by atoms with Gasteiger partial charge < -0.3 is 15.4 Å². The van der Waals surface area contributed by atoms with Gasteiger partial charge in [-0.25, -0.2) is 4.98 Å². The van der Waals surface area contributed by atoms with E-state index < -0.39 is 0 Å². The van der Waals surface area contributed by atoms with E-state index in [2.05, 4.69) is 29.1 Å². The Hall–Kier alpha value is -4.71. The number of anilines is 2. The number of aryl methyl sites for hydroxylation is 1. The number of aromatic nitrogens is 1. The molecule has 4 rings (SSSR count). The van der Waals surface area contributed by atoms with Crippen LogP contribution in [0, 0.1) is 0 Å². The lowest BCUT2D eigenvalue weighted by atomic mass is 10.1. The molecule has 1 heterocycles. The van der Waals surface area contributed by atoms with Gasteiger partial charge in [0.2, 0.25) is 5.91 Å². The highest BCUT2D eigenvalue weighted by Crippen LogP contribution is 2.25. The summed E-state index contributed by atoms with van der Waals surface area (Å²) in [6, 6.07) is 30.6. The molecule has 6 nitrogen and oxygen atoms in total. The van der Waals surface area contributed by atoms with Crippen molar-refractivity contribution in [2.75, 3.05) is 10.6 Å². The Bertz CT molecular complexity index is 1340. The standard InChI is InChI=1S/C25H25NO2.C8H10N2O.2C2H6/c1-4-20-10-12-23(13-11-20)25(27)26-24-16-14-22(15-17-24)19(3)28-18(2)21-8-6-5-7-9-21;1-2-8(11)10-7-5-3-4-6-9-7;2*1-2/h5-17,19H,2,4H2,1,3H3,(H,26,27);3-6H,2H2,1H3,(H,9,10,11);2*1-2H3. The zero-order valence-corrected chi connectivity index (χ0v) is 26.7. The topological polar surface area (TPSA) is 80.3 Å². The molecule has 0 saturated carbocycles. The van der Waals surface area contributed by atoms with Crippen LogP contribution in [0.1, 0.15) is 88.0 Å². The molecule has 0 fully saturated rings. The number of carbonyl (C=O) groups excluding carboxylic acids is 2. The maximum atomic E-state index is 12.4. The first-order valence-electron chi connectivity index (χ1n) is 15.0. The van der Waals surface area contributed by atoms with E-state index in [0.29, 0.717) is 23.6 Å². The Morgan fingerprint density at radius 3 is 1.91 bits per heavy atom. The van der Waals surface area contributed by atoms with Gasteiger partial charge in [0.05, 0.1) is 0 Å². The summed E-state index contributed by atoms with van der Waals surface area (Å²) in [6.07, 6.45) is 2.95. The summed E-state index contributed by atoms with van der Waals surface area (Å²) in [5, 5.41) is 5.57. The molecule has 0 bridgehead atoms. The van der Waals surface area contributed by atoms with Crippen LogP contribution in [0.4, 0.5) is 11.5 Å². The minimum absolute atomic E-state index is 0.0105. The van der Waals surface area contributed by atoms with Crippen molar-refractivity contribution in [2.45, 2.75) is 67.4 Å². The molecule has 0 saturated heterocycles. The predicted octanol–water partition coefficient (Wildman–Crippen LogP) is 9.73. The molecule has 43 heavy (non-hydrogen) atoms. The zero-order chi connectivity index (χ0) is 32.0. The van der Waals surface area contributed by atoms with Crippen molar-refractivity contribution in [3.8, 4) is 0 Å². The van der Waals surface area contributed by atoms with E-state index >= 15 is 0 Å². The Balaban J connectivity index is 0.000000514. The molecule has 6 heteroatoms. The number of pyridine rings is 1. The highest BCUT2D eigenvalue weighted by molar-refractivity contribution is 6.04. The third-order valence-electron chi connectivity index (χ3n) is 5.93. The molecule has 4 aromatic rings. The van der Waals surface area contributed by atoms with Crippen LogP contribution in [0.15, 0.2) is 110 Å². The van der Waals surface area contributed by atoms with Crippen LogP contribution in [0.3, 0.4) is 0 Å². The molecule has 228 valence electrons. The lowest BCUT2D eigenvalue weighted by molar-refractivity contribution is -0.115. The number of benzene rings is 3. The van der Waals surface area contributed by atoms with Crippen LogP contribution in [-0.2, 0) is 16.0 Å². The smallest absolute Gasteiger partial charge is 0.255 e. The number of amides is 2. The Morgan fingerprint density at radius 2 is 1.37 bits per heavy atom. The fraction of sp³-hybridized carbons (Fsp3) is 0.270. The van der Waals surface area contributed by atoms with E-state index in [1.165, 1.54) is 5.56 Å². The van der Waals surface area contributed by atoms with Gasteiger partial charge in [0.25, 0.3) is 5.91 Å². The third-order valence-corrected chi connectivity index (χ3v) is 5.93. The minimum Gasteiger partial charge on any atom is -0.486 e. The molecule has 1 atom stereocenters. The summed E-state index contributed by atoms with van der Waals surface area (Å²) in [5.41, 5.74) is 4.60. The molecule has 0 aliphatic carbocycles. The van der Waals surface area contributed by atoms with Crippen molar-refractivity contribution in [2.24, 2.45) is 0 Å². The summed E-state index contributed by atoms with van der Waals surface area (Å²) in [6.45, 7) is 17.9. The highest BCUT2D eigenvalue weighted by Gasteiger charge is 2.11. The number of nitrogens with one attached hydrogen (secondary N) is 2. The lowest BCUT2D eigenvalue weighted by Gasteiger charge is -2.17. The average molecular weight is 582 g/mol. The normalized spacial score (nSPS) is 10.1. The van der Waals surface area contributed by atoms with Gasteiger partial charge in [-0.3, -0.25) is 9.59 Å². The van der Waals surface area contributed by atoms with Crippen LogP contribution in [-0.4, -0.2) is 16.8 Å². The largest absolute Gasteiger partial charge is 0.486 e. The van der Waals surface area contributed by atoms with Crippen LogP contribution >= 0.6 is 0 Å². The number of ether oxygens (including phenoxy) is 1. The zero-order valence-electron chi connectivity index (χ0n) is 26.7. The first kappa shape index (κ1) is 36.3. The van der Waals surface area contributed by atoms with Gasteiger partial charge in [-0.2, -0.15) is 0 Å². The van der Waals surface area contributed by atoms with Gasteiger partial charge >= 0.3 is 0 Å². The van der Waals surface area contributed by atoms with E-state index in [1.54, 1.807) is 19.2 Å². The molecule has 0 radical (unpaired) electrons. The van der Waals surface area contributed by atoms with Gasteiger partial charge in [-0.15, -0.1) is 0 Å². The van der Waals surface area contributed by atoms with Crippen LogP contribution in [0.2, 0.25) is 0 Å². The first-order chi connectivity index (χ1) is 20.9. The van der Waals surface area contributed by atoms with E-state index in [4.69, 9.17) is 4.74 Å². The Labute approximate surface area is 258 Å². The molecular formula is C37H47N3O3. The second-order valence-electron chi connectivity index (χ2n) is 8.79. The molecule has 1 unspecified atom stereocenters. The van der Waals surface area contributed by atoms with E-state index in [9.17, 15) is 9.59 Å². The minimum atomic E-state index is -0.140. The molecular weight excluding hydrogens is 534 g/mol. The maximum Gasteiger partial charge on any atom is 0.255 e. The molecule has 2 amide bonds. The molecule has 0 spiro atoms.